The summed E-state index contributed by atoms with van der Waals surface area (Å²) in [6.45, 7) is 2.30. The summed E-state index contributed by atoms with van der Waals surface area (Å²) in [6, 6.07) is 9.69. The van der Waals surface area contributed by atoms with E-state index < -0.39 is 0 Å². The number of carbonyl (C=O) groups is 1. The van der Waals surface area contributed by atoms with E-state index >= 15 is 0 Å². The van der Waals surface area contributed by atoms with Crippen molar-refractivity contribution >= 4 is 16.8 Å². The fourth-order valence-electron chi connectivity index (χ4n) is 3.77. The van der Waals surface area contributed by atoms with E-state index in [1.54, 1.807) is 10.9 Å². The van der Waals surface area contributed by atoms with Crippen LogP contribution in [0.5, 0.6) is 0 Å². The number of amides is 1. The average molecular weight is 350 g/mol. The summed E-state index contributed by atoms with van der Waals surface area (Å²) >= 11 is 0. The van der Waals surface area contributed by atoms with Crippen molar-refractivity contribution in [2.45, 2.75) is 38.1 Å². The predicted octanol–water partition coefficient (Wildman–Crippen LogP) is 2.13. The molecule has 0 bridgehead atoms. The van der Waals surface area contributed by atoms with Gasteiger partial charge in [-0.3, -0.25) is 9.78 Å². The van der Waals surface area contributed by atoms with Crippen LogP contribution in [0.25, 0.3) is 16.6 Å². The largest absolute Gasteiger partial charge is 0.344 e. The first-order valence-corrected chi connectivity index (χ1v) is 8.93. The third kappa shape index (κ3) is 2.74. The van der Waals surface area contributed by atoms with Gasteiger partial charge in [0.2, 0.25) is 0 Å². The van der Waals surface area contributed by atoms with Gasteiger partial charge in [-0.2, -0.15) is 0 Å². The van der Waals surface area contributed by atoms with Gasteiger partial charge in [-0.1, -0.05) is 24.1 Å². The van der Waals surface area contributed by atoms with Crippen LogP contribution in [-0.2, 0) is 0 Å². The van der Waals surface area contributed by atoms with Gasteiger partial charge in [0.1, 0.15) is 0 Å². The molecule has 2 heterocycles. The molecule has 1 saturated carbocycles. The number of hydrogen-bond acceptors (Lipinski definition) is 5. The smallest absolute Gasteiger partial charge is 0.274 e. The second-order valence-electron chi connectivity index (χ2n) is 6.93. The molecule has 26 heavy (non-hydrogen) atoms. The zero-order valence-electron chi connectivity index (χ0n) is 14.8. The third-order valence-electron chi connectivity index (χ3n) is 5.29. The lowest BCUT2D eigenvalue weighted by atomic mass is 9.97. The molecule has 2 aromatic heterocycles. The maximum atomic E-state index is 12.8. The van der Waals surface area contributed by atoms with Gasteiger partial charge in [-0.15, -0.1) is 5.10 Å². The molecule has 7 nitrogen and oxygen atoms in total. The van der Waals surface area contributed by atoms with Crippen molar-refractivity contribution in [3.05, 3.63) is 47.9 Å². The fraction of sp³-hybridized carbons (Fsp3) is 0.368. The van der Waals surface area contributed by atoms with Crippen LogP contribution >= 0.6 is 0 Å². The maximum Gasteiger partial charge on any atom is 0.274 e. The van der Waals surface area contributed by atoms with Crippen molar-refractivity contribution in [1.82, 2.24) is 25.3 Å². The molecule has 7 heteroatoms. The lowest BCUT2D eigenvalue weighted by molar-refractivity contribution is 0.0897. The van der Waals surface area contributed by atoms with E-state index in [4.69, 9.17) is 5.73 Å². The van der Waals surface area contributed by atoms with E-state index in [1.165, 1.54) is 0 Å². The summed E-state index contributed by atoms with van der Waals surface area (Å²) in [5.41, 5.74) is 8.39. The third-order valence-corrected chi connectivity index (χ3v) is 5.29. The number of nitrogens with zero attached hydrogens (tertiary/aromatic N) is 4. The quantitative estimate of drug-likeness (QED) is 0.751. The molecule has 0 radical (unpaired) electrons. The van der Waals surface area contributed by atoms with Crippen LogP contribution in [0.3, 0.4) is 0 Å². The van der Waals surface area contributed by atoms with Gasteiger partial charge < -0.3 is 11.1 Å². The minimum atomic E-state index is -0.309. The number of carbonyl (C=O) groups excluding carboxylic acids is 1. The van der Waals surface area contributed by atoms with Crippen molar-refractivity contribution < 1.29 is 4.79 Å². The Balaban J connectivity index is 1.69. The van der Waals surface area contributed by atoms with Crippen LogP contribution in [-0.4, -0.2) is 38.0 Å². The molecule has 0 atom stereocenters. The first kappa shape index (κ1) is 16.7. The fourth-order valence-corrected chi connectivity index (χ4v) is 3.77. The molecule has 1 aliphatic carbocycles. The summed E-state index contributed by atoms with van der Waals surface area (Å²) in [6.07, 6.45) is 5.76. The molecule has 3 aromatic rings. The number of rotatable bonds is 4. The highest BCUT2D eigenvalue weighted by Crippen LogP contribution is 2.29. The topological polar surface area (TPSA) is 98.7 Å². The van der Waals surface area contributed by atoms with Gasteiger partial charge in [-0.05, 0) is 44.0 Å². The highest BCUT2D eigenvalue weighted by Gasteiger charge is 2.35. The van der Waals surface area contributed by atoms with Crippen molar-refractivity contribution in [2.75, 3.05) is 6.54 Å². The minimum absolute atomic E-state index is 0.209. The summed E-state index contributed by atoms with van der Waals surface area (Å²) in [7, 11) is 0. The van der Waals surface area contributed by atoms with Crippen molar-refractivity contribution in [3.8, 4) is 5.69 Å². The number of nitrogens with two attached hydrogens (primary N) is 1. The molecule has 1 aliphatic rings. The van der Waals surface area contributed by atoms with Gasteiger partial charge in [0, 0.05) is 18.1 Å². The zero-order valence-corrected chi connectivity index (χ0v) is 14.8. The van der Waals surface area contributed by atoms with Crippen molar-refractivity contribution in [1.29, 1.82) is 0 Å². The normalized spacial score (nSPS) is 16.1. The second kappa shape index (κ2) is 6.49. The molecule has 0 aliphatic heterocycles. The average Bonchev–Trinajstić information content (AvgIpc) is 3.28. The molecule has 0 saturated heterocycles. The lowest BCUT2D eigenvalue weighted by Gasteiger charge is -2.28. The molecule has 0 spiro atoms. The first-order valence-electron chi connectivity index (χ1n) is 8.93. The second-order valence-corrected chi connectivity index (χ2v) is 6.93. The molecule has 3 N–H and O–H groups in total. The number of aromatic nitrogens is 4. The summed E-state index contributed by atoms with van der Waals surface area (Å²) in [5.74, 6) is -0.209. The van der Waals surface area contributed by atoms with Crippen LogP contribution < -0.4 is 11.1 Å². The number of hydrogen-bond donors (Lipinski definition) is 2. The van der Waals surface area contributed by atoms with Gasteiger partial charge >= 0.3 is 0 Å². The molecule has 4 rings (SSSR count). The van der Waals surface area contributed by atoms with Crippen LogP contribution in [0.2, 0.25) is 0 Å². The zero-order chi connectivity index (χ0) is 18.1. The first-order chi connectivity index (χ1) is 12.6. The molecule has 1 aromatic carbocycles. The predicted molar refractivity (Wildman–Crippen MR) is 99.1 cm³/mol. The molecule has 0 unspecified atom stereocenters. The van der Waals surface area contributed by atoms with Crippen LogP contribution in [0, 0.1) is 6.92 Å². The van der Waals surface area contributed by atoms with E-state index in [2.05, 4.69) is 20.6 Å². The van der Waals surface area contributed by atoms with Gasteiger partial charge in [0.05, 0.1) is 22.4 Å². The Labute approximate surface area is 151 Å². The maximum absolute atomic E-state index is 12.8. The molecule has 1 amide bonds. The van der Waals surface area contributed by atoms with Gasteiger partial charge in [-0.25, -0.2) is 4.68 Å². The van der Waals surface area contributed by atoms with Gasteiger partial charge in [0.15, 0.2) is 5.69 Å². The summed E-state index contributed by atoms with van der Waals surface area (Å²) in [5, 5.41) is 12.4. The highest BCUT2D eigenvalue weighted by molar-refractivity contribution is 5.94. The minimum Gasteiger partial charge on any atom is -0.344 e. The Bertz CT molecular complexity index is 952. The van der Waals surface area contributed by atoms with E-state index in [0.717, 1.165) is 42.3 Å². The molecular weight excluding hydrogens is 328 g/mol. The number of nitrogens with one attached hydrogen (secondary N) is 1. The SMILES string of the molecule is Cc1c(C(=O)NC2(CN)CCCC2)nnn1-c1cccc2ncccc12. The molecule has 1 fully saturated rings. The summed E-state index contributed by atoms with van der Waals surface area (Å²) < 4.78 is 1.70. The van der Waals surface area contributed by atoms with E-state index in [1.807, 2.05) is 37.3 Å². The highest BCUT2D eigenvalue weighted by atomic mass is 16.2. The lowest BCUT2D eigenvalue weighted by Crippen LogP contribution is -2.51. The van der Waals surface area contributed by atoms with Crippen LogP contribution in [0.1, 0.15) is 41.9 Å². The van der Waals surface area contributed by atoms with Gasteiger partial charge in [0.25, 0.3) is 5.91 Å². The number of fused-ring (bicyclic) bond motifs is 1. The Morgan fingerprint density at radius 1 is 1.27 bits per heavy atom. The Morgan fingerprint density at radius 3 is 2.85 bits per heavy atom. The molecular formula is C19H22N6O. The van der Waals surface area contributed by atoms with Crippen LogP contribution in [0.4, 0.5) is 0 Å². The number of benzene rings is 1. The Morgan fingerprint density at radius 2 is 2.08 bits per heavy atom. The van der Waals surface area contributed by atoms with Crippen molar-refractivity contribution in [3.63, 3.8) is 0 Å². The standard InChI is InChI=1S/C19H22N6O/c1-13-17(18(26)22-19(12-20)9-2-3-10-19)23-24-25(13)16-8-4-7-15-14(16)6-5-11-21-15/h4-8,11H,2-3,9-10,12,20H2,1H3,(H,22,26). The van der Waals surface area contributed by atoms with Crippen molar-refractivity contribution in [2.24, 2.45) is 5.73 Å². The summed E-state index contributed by atoms with van der Waals surface area (Å²) in [4.78, 5) is 17.2. The Kier molecular flexibility index (Phi) is 4.16. The number of pyridine rings is 1. The van der Waals surface area contributed by atoms with E-state index in [-0.39, 0.29) is 11.4 Å². The Hall–Kier alpha value is -2.80. The van der Waals surface area contributed by atoms with E-state index in [0.29, 0.717) is 17.9 Å². The van der Waals surface area contributed by atoms with E-state index in [9.17, 15) is 4.79 Å². The van der Waals surface area contributed by atoms with Crippen LogP contribution in [0.15, 0.2) is 36.5 Å². The molecule has 134 valence electrons. The monoisotopic (exact) mass is 350 g/mol.